The van der Waals surface area contributed by atoms with Crippen molar-refractivity contribution >= 4 is 0 Å². The van der Waals surface area contributed by atoms with Crippen LogP contribution in [0.2, 0.25) is 0 Å². The third-order valence-corrected chi connectivity index (χ3v) is 6.71. The lowest BCUT2D eigenvalue weighted by Crippen LogP contribution is -2.47. The highest BCUT2D eigenvalue weighted by Crippen LogP contribution is 2.37. The Hall–Kier alpha value is -2.36. The van der Waals surface area contributed by atoms with E-state index in [1.165, 1.54) is 22.3 Å². The van der Waals surface area contributed by atoms with Crippen molar-refractivity contribution in [3.63, 3.8) is 0 Å². The molecule has 2 fully saturated rings. The Morgan fingerprint density at radius 1 is 1.09 bits per heavy atom. The number of nitrogens with zero attached hydrogens (tertiary/aromatic N) is 4. The van der Waals surface area contributed by atoms with Crippen molar-refractivity contribution < 1.29 is 13.9 Å². The van der Waals surface area contributed by atoms with Crippen LogP contribution >= 0.6 is 0 Å². The molecule has 2 bridgehead atoms. The summed E-state index contributed by atoms with van der Waals surface area (Å²) in [5.41, 5.74) is -0.289. The third kappa shape index (κ3) is 4.84. The zero-order chi connectivity index (χ0) is 22.7. The van der Waals surface area contributed by atoms with Crippen LogP contribution in [0.1, 0.15) is 43.5 Å². The van der Waals surface area contributed by atoms with Crippen LogP contribution < -0.4 is 11.4 Å². The molecule has 3 heterocycles. The standard InChI is InChI=1S/C23H31FN4O4/c1-26-21(15-31-2)25-22(29)28(23(26)30)11-5-10-27-17-8-9-18(27)13-19(12-17)32-14-16-6-3-4-7-20(16)24/h3-4,6-7,17-19H,5,8-15H2,1-2H3. The molecule has 0 radical (unpaired) electrons. The fraction of sp³-hybridized carbons (Fsp3) is 0.609. The molecule has 0 N–H and O–H groups in total. The van der Waals surface area contributed by atoms with Gasteiger partial charge in [0, 0.05) is 44.9 Å². The van der Waals surface area contributed by atoms with Gasteiger partial charge in [-0.05, 0) is 38.2 Å². The number of hydrogen-bond acceptors (Lipinski definition) is 6. The highest BCUT2D eigenvalue weighted by atomic mass is 19.1. The Bertz CT molecular complexity index is 1040. The molecule has 0 saturated carbocycles. The summed E-state index contributed by atoms with van der Waals surface area (Å²) < 4.78 is 27.5. The van der Waals surface area contributed by atoms with E-state index in [2.05, 4.69) is 9.88 Å². The largest absolute Gasteiger partial charge is 0.377 e. The van der Waals surface area contributed by atoms with E-state index in [0.717, 1.165) is 32.2 Å². The monoisotopic (exact) mass is 446 g/mol. The quantitative estimate of drug-likeness (QED) is 0.585. The van der Waals surface area contributed by atoms with Crippen molar-refractivity contribution in [3.8, 4) is 0 Å². The molecule has 2 saturated heterocycles. The average molecular weight is 447 g/mol. The molecule has 2 aliphatic heterocycles. The average Bonchev–Trinajstić information content (AvgIpc) is 3.01. The lowest BCUT2D eigenvalue weighted by Gasteiger charge is -2.38. The molecule has 32 heavy (non-hydrogen) atoms. The Morgan fingerprint density at radius 2 is 1.81 bits per heavy atom. The number of halogens is 1. The maximum atomic E-state index is 13.8. The predicted molar refractivity (Wildman–Crippen MR) is 117 cm³/mol. The van der Waals surface area contributed by atoms with Gasteiger partial charge in [-0.15, -0.1) is 0 Å². The number of benzene rings is 1. The number of ether oxygens (including phenoxy) is 2. The van der Waals surface area contributed by atoms with E-state index in [0.29, 0.717) is 43.0 Å². The van der Waals surface area contributed by atoms with Gasteiger partial charge >= 0.3 is 11.4 Å². The molecule has 0 amide bonds. The lowest BCUT2D eigenvalue weighted by molar-refractivity contribution is -0.0293. The van der Waals surface area contributed by atoms with Crippen LogP contribution in [0.5, 0.6) is 0 Å². The molecule has 1 aromatic heterocycles. The highest BCUT2D eigenvalue weighted by Gasteiger charge is 2.40. The van der Waals surface area contributed by atoms with Gasteiger partial charge in [0.2, 0.25) is 0 Å². The molecule has 1 aromatic carbocycles. The molecule has 2 unspecified atom stereocenters. The Morgan fingerprint density at radius 3 is 2.50 bits per heavy atom. The summed E-state index contributed by atoms with van der Waals surface area (Å²) in [6, 6.07) is 7.60. The summed E-state index contributed by atoms with van der Waals surface area (Å²) in [6.45, 7) is 1.59. The molecular weight excluding hydrogens is 415 g/mol. The van der Waals surface area contributed by atoms with Crippen molar-refractivity contribution in [2.75, 3.05) is 13.7 Å². The Balaban J connectivity index is 1.31. The zero-order valence-corrected chi connectivity index (χ0v) is 18.7. The van der Waals surface area contributed by atoms with Gasteiger partial charge < -0.3 is 9.47 Å². The maximum Gasteiger partial charge on any atom is 0.353 e. The summed E-state index contributed by atoms with van der Waals surface area (Å²) in [5, 5.41) is 0. The van der Waals surface area contributed by atoms with Crippen LogP contribution in [-0.2, 0) is 36.3 Å². The molecule has 174 valence electrons. The molecule has 2 atom stereocenters. The minimum atomic E-state index is -0.525. The molecule has 8 nitrogen and oxygen atoms in total. The first-order valence-corrected chi connectivity index (χ1v) is 11.2. The Labute approximate surface area is 186 Å². The fourth-order valence-electron chi connectivity index (χ4n) is 5.03. The van der Waals surface area contributed by atoms with Crippen LogP contribution in [0.25, 0.3) is 0 Å². The summed E-state index contributed by atoms with van der Waals surface area (Å²) in [4.78, 5) is 31.3. The molecule has 0 aliphatic carbocycles. The highest BCUT2D eigenvalue weighted by molar-refractivity contribution is 5.16. The van der Waals surface area contributed by atoms with Crippen molar-refractivity contribution in [2.24, 2.45) is 7.05 Å². The van der Waals surface area contributed by atoms with Gasteiger partial charge in [-0.3, -0.25) is 9.47 Å². The van der Waals surface area contributed by atoms with Gasteiger partial charge in [0.25, 0.3) is 0 Å². The van der Waals surface area contributed by atoms with Gasteiger partial charge in [0.05, 0.1) is 12.7 Å². The van der Waals surface area contributed by atoms with Gasteiger partial charge in [0.15, 0.2) is 0 Å². The summed E-state index contributed by atoms with van der Waals surface area (Å²) in [7, 11) is 3.10. The van der Waals surface area contributed by atoms with E-state index < -0.39 is 5.69 Å². The van der Waals surface area contributed by atoms with Crippen molar-refractivity contribution in [2.45, 2.75) is 70.1 Å². The molecular formula is C23H31FN4O4. The van der Waals surface area contributed by atoms with Crippen LogP contribution in [-0.4, -0.2) is 50.9 Å². The zero-order valence-electron chi connectivity index (χ0n) is 18.7. The molecule has 0 spiro atoms. The second-order valence-electron chi connectivity index (χ2n) is 8.71. The number of methoxy groups -OCH3 is 1. The van der Waals surface area contributed by atoms with Crippen LogP contribution in [0, 0.1) is 5.82 Å². The molecule has 4 rings (SSSR count). The minimum Gasteiger partial charge on any atom is -0.377 e. The maximum absolute atomic E-state index is 13.8. The van der Waals surface area contributed by atoms with Gasteiger partial charge in [0.1, 0.15) is 18.2 Å². The number of aromatic nitrogens is 3. The SMILES string of the molecule is COCc1nc(=O)n(CCCN2C3CCC2CC(OCc2ccccc2F)C3)c(=O)n1C. The first-order chi connectivity index (χ1) is 15.5. The van der Waals surface area contributed by atoms with Crippen LogP contribution in [0.4, 0.5) is 4.39 Å². The fourth-order valence-corrected chi connectivity index (χ4v) is 5.03. The predicted octanol–water partition coefficient (Wildman–Crippen LogP) is 1.83. The number of rotatable bonds is 9. The van der Waals surface area contributed by atoms with Gasteiger partial charge in [-0.1, -0.05) is 18.2 Å². The smallest absolute Gasteiger partial charge is 0.353 e. The minimum absolute atomic E-state index is 0.124. The van der Waals surface area contributed by atoms with Gasteiger partial charge in [-0.2, -0.15) is 4.98 Å². The first kappa shape index (κ1) is 22.8. The van der Waals surface area contributed by atoms with Crippen molar-refractivity contribution in [1.29, 1.82) is 0 Å². The molecule has 2 aliphatic rings. The second-order valence-corrected chi connectivity index (χ2v) is 8.71. The summed E-state index contributed by atoms with van der Waals surface area (Å²) in [5.74, 6) is 0.105. The lowest BCUT2D eigenvalue weighted by atomic mass is 9.99. The third-order valence-electron chi connectivity index (χ3n) is 6.71. The van der Waals surface area contributed by atoms with Crippen LogP contribution in [0.3, 0.4) is 0 Å². The first-order valence-electron chi connectivity index (χ1n) is 11.2. The van der Waals surface area contributed by atoms with E-state index in [4.69, 9.17) is 9.47 Å². The summed E-state index contributed by atoms with van der Waals surface area (Å²) in [6.07, 6.45) is 4.95. The van der Waals surface area contributed by atoms with E-state index in [9.17, 15) is 14.0 Å². The second kappa shape index (κ2) is 10.1. The summed E-state index contributed by atoms with van der Waals surface area (Å²) >= 11 is 0. The van der Waals surface area contributed by atoms with E-state index in [1.807, 2.05) is 6.07 Å². The molecule has 9 heteroatoms. The van der Waals surface area contributed by atoms with E-state index in [1.54, 1.807) is 19.2 Å². The van der Waals surface area contributed by atoms with Gasteiger partial charge in [-0.25, -0.2) is 18.5 Å². The molecule has 2 aromatic rings. The normalized spacial score (nSPS) is 23.0. The van der Waals surface area contributed by atoms with Crippen LogP contribution in [0.15, 0.2) is 33.9 Å². The number of hydrogen-bond donors (Lipinski definition) is 0. The van der Waals surface area contributed by atoms with Crippen molar-refractivity contribution in [3.05, 3.63) is 62.4 Å². The van der Waals surface area contributed by atoms with Crippen molar-refractivity contribution in [1.82, 2.24) is 19.0 Å². The topological polar surface area (TPSA) is 78.6 Å². The Kier molecular flexibility index (Phi) is 7.17. The van der Waals surface area contributed by atoms with E-state index in [-0.39, 0.29) is 24.2 Å². The number of fused-ring (bicyclic) bond motifs is 2. The number of piperidine rings is 1. The van der Waals surface area contributed by atoms with E-state index >= 15 is 0 Å².